The molecule has 6 heteroatoms. The highest BCUT2D eigenvalue weighted by molar-refractivity contribution is 6.37. The van der Waals surface area contributed by atoms with Gasteiger partial charge in [0.25, 0.3) is 0 Å². The Kier molecular flexibility index (Phi) is 2.46. The summed E-state index contributed by atoms with van der Waals surface area (Å²) in [5, 5.41) is 10.9. The van der Waals surface area contributed by atoms with Gasteiger partial charge in [-0.1, -0.05) is 23.2 Å². The van der Waals surface area contributed by atoms with Crippen LogP contribution in [0.25, 0.3) is 0 Å². The molecule has 0 atom stereocenters. The van der Waals surface area contributed by atoms with E-state index in [2.05, 4.69) is 15.4 Å². The zero-order valence-corrected chi connectivity index (χ0v) is 7.56. The van der Waals surface area contributed by atoms with Crippen LogP contribution in [0.1, 0.15) is 0 Å². The van der Waals surface area contributed by atoms with Crippen LogP contribution in [-0.4, -0.2) is 29.5 Å². The van der Waals surface area contributed by atoms with Crippen LogP contribution in [0, 0.1) is 0 Å². The van der Waals surface area contributed by atoms with E-state index in [0.29, 0.717) is 5.69 Å². The van der Waals surface area contributed by atoms with Crippen molar-refractivity contribution >= 4 is 28.9 Å². The minimum Gasteiger partial charge on any atom is -0.373 e. The van der Waals surface area contributed by atoms with Crippen molar-refractivity contribution in [2.24, 2.45) is 0 Å². The molecule has 4 nitrogen and oxygen atoms in total. The second kappa shape index (κ2) is 3.19. The first-order chi connectivity index (χ1) is 5.13. The summed E-state index contributed by atoms with van der Waals surface area (Å²) in [7, 11) is 3.60. The van der Waals surface area contributed by atoms with Crippen molar-refractivity contribution in [2.45, 2.75) is 0 Å². The van der Waals surface area contributed by atoms with E-state index in [1.54, 1.807) is 19.0 Å². The third kappa shape index (κ3) is 1.70. The van der Waals surface area contributed by atoms with Crippen LogP contribution in [0.2, 0.25) is 10.3 Å². The van der Waals surface area contributed by atoms with E-state index in [0.717, 1.165) is 0 Å². The van der Waals surface area contributed by atoms with Gasteiger partial charge in [0.1, 0.15) is 5.69 Å². The fourth-order valence-corrected chi connectivity index (χ4v) is 1.28. The molecule has 0 unspecified atom stereocenters. The van der Waals surface area contributed by atoms with Gasteiger partial charge in [-0.05, 0) is 5.21 Å². The van der Waals surface area contributed by atoms with Gasteiger partial charge >= 0.3 is 0 Å². The third-order valence-electron chi connectivity index (χ3n) is 1.10. The second-order valence-corrected chi connectivity index (χ2v) is 2.83. The molecule has 0 fully saturated rings. The van der Waals surface area contributed by atoms with Gasteiger partial charge in [0.2, 0.25) is 0 Å². The lowest BCUT2D eigenvalue weighted by Gasteiger charge is -2.12. The Bertz CT molecular complexity index is 242. The molecule has 1 aromatic heterocycles. The number of aromatic nitrogens is 3. The molecule has 11 heavy (non-hydrogen) atoms. The van der Waals surface area contributed by atoms with Crippen molar-refractivity contribution in [3.05, 3.63) is 10.3 Å². The van der Waals surface area contributed by atoms with Gasteiger partial charge in [0.15, 0.2) is 10.3 Å². The zero-order chi connectivity index (χ0) is 8.43. The second-order valence-electron chi connectivity index (χ2n) is 2.11. The summed E-state index contributed by atoms with van der Waals surface area (Å²) in [6.07, 6.45) is 0. The first-order valence-corrected chi connectivity index (χ1v) is 3.60. The SMILES string of the molecule is CN(C)c1c(Cl)nnnc1Cl. The Balaban J connectivity index is 3.21. The fraction of sp³-hybridized carbons (Fsp3) is 0.400. The van der Waals surface area contributed by atoms with Crippen LogP contribution in [-0.2, 0) is 0 Å². The van der Waals surface area contributed by atoms with Crippen molar-refractivity contribution in [1.82, 2.24) is 15.4 Å². The molecule has 0 aliphatic heterocycles. The topological polar surface area (TPSA) is 41.9 Å². The molecule has 0 radical (unpaired) electrons. The summed E-state index contributed by atoms with van der Waals surface area (Å²) < 4.78 is 0. The molecule has 0 aliphatic rings. The predicted octanol–water partition coefficient (Wildman–Crippen LogP) is 1.24. The van der Waals surface area contributed by atoms with Gasteiger partial charge in [0, 0.05) is 14.1 Å². The number of nitrogens with zero attached hydrogens (tertiary/aromatic N) is 4. The lowest BCUT2D eigenvalue weighted by Crippen LogP contribution is -2.11. The summed E-state index contributed by atoms with van der Waals surface area (Å²) in [5.41, 5.74) is 0.586. The summed E-state index contributed by atoms with van der Waals surface area (Å²) in [6.45, 7) is 0. The molecule has 0 saturated carbocycles. The molecular weight excluding hydrogens is 187 g/mol. The molecule has 0 saturated heterocycles. The summed E-state index contributed by atoms with van der Waals surface area (Å²) >= 11 is 11.4. The molecule has 0 amide bonds. The molecule has 0 N–H and O–H groups in total. The van der Waals surface area contributed by atoms with Gasteiger partial charge in [-0.15, -0.1) is 10.2 Å². The monoisotopic (exact) mass is 192 g/mol. The van der Waals surface area contributed by atoms with Crippen molar-refractivity contribution in [3.63, 3.8) is 0 Å². The van der Waals surface area contributed by atoms with Gasteiger partial charge < -0.3 is 4.90 Å². The average molecular weight is 193 g/mol. The van der Waals surface area contributed by atoms with Crippen LogP contribution in [0.5, 0.6) is 0 Å². The Hall–Kier alpha value is -0.610. The van der Waals surface area contributed by atoms with Crippen LogP contribution in [0.3, 0.4) is 0 Å². The Morgan fingerprint density at radius 1 is 1.09 bits per heavy atom. The molecule has 1 aromatic rings. The van der Waals surface area contributed by atoms with Crippen LogP contribution >= 0.6 is 23.2 Å². The van der Waals surface area contributed by atoms with Crippen LogP contribution in [0.15, 0.2) is 0 Å². The van der Waals surface area contributed by atoms with Crippen LogP contribution < -0.4 is 4.90 Å². The number of hydrogen-bond donors (Lipinski definition) is 0. The van der Waals surface area contributed by atoms with Crippen LogP contribution in [0.4, 0.5) is 5.69 Å². The van der Waals surface area contributed by atoms with E-state index in [9.17, 15) is 0 Å². The molecule has 60 valence electrons. The van der Waals surface area contributed by atoms with E-state index in [1.165, 1.54) is 0 Å². The maximum Gasteiger partial charge on any atom is 0.179 e. The van der Waals surface area contributed by atoms with Gasteiger partial charge in [-0.2, -0.15) is 0 Å². The minimum absolute atomic E-state index is 0.259. The zero-order valence-electron chi connectivity index (χ0n) is 6.04. The normalized spacial score (nSPS) is 9.82. The molecule has 0 aliphatic carbocycles. The first-order valence-electron chi connectivity index (χ1n) is 2.84. The summed E-state index contributed by atoms with van der Waals surface area (Å²) in [5.74, 6) is 0. The highest BCUT2D eigenvalue weighted by Crippen LogP contribution is 2.26. The Morgan fingerprint density at radius 2 is 1.55 bits per heavy atom. The molecule has 1 heterocycles. The molecular formula is C5H6Cl2N4. The van der Waals surface area contributed by atoms with Crippen molar-refractivity contribution in [2.75, 3.05) is 19.0 Å². The molecule has 1 rings (SSSR count). The number of rotatable bonds is 1. The molecule has 0 aromatic carbocycles. The van der Waals surface area contributed by atoms with Crippen molar-refractivity contribution < 1.29 is 0 Å². The van der Waals surface area contributed by atoms with Gasteiger partial charge in [-0.3, -0.25) is 0 Å². The molecule has 0 spiro atoms. The smallest absolute Gasteiger partial charge is 0.179 e. The number of hydrogen-bond acceptors (Lipinski definition) is 4. The first kappa shape index (κ1) is 8.49. The highest BCUT2D eigenvalue weighted by Gasteiger charge is 2.09. The third-order valence-corrected chi connectivity index (χ3v) is 1.61. The van der Waals surface area contributed by atoms with Crippen molar-refractivity contribution in [1.29, 1.82) is 0 Å². The summed E-state index contributed by atoms with van der Waals surface area (Å²) in [4.78, 5) is 1.73. The highest BCUT2D eigenvalue weighted by atomic mass is 35.5. The maximum atomic E-state index is 5.68. The van der Waals surface area contributed by atoms with E-state index < -0.39 is 0 Å². The maximum absolute atomic E-state index is 5.68. The van der Waals surface area contributed by atoms with Gasteiger partial charge in [-0.25, -0.2) is 0 Å². The molecule has 0 bridgehead atoms. The number of halogens is 2. The largest absolute Gasteiger partial charge is 0.373 e. The lowest BCUT2D eigenvalue weighted by atomic mass is 10.5. The Morgan fingerprint density at radius 3 is 1.82 bits per heavy atom. The van der Waals surface area contributed by atoms with E-state index in [4.69, 9.17) is 23.2 Å². The average Bonchev–Trinajstić information content (AvgIpc) is 1.85. The quantitative estimate of drug-likeness (QED) is 0.672. The lowest BCUT2D eigenvalue weighted by molar-refractivity contribution is 0.857. The predicted molar refractivity (Wildman–Crippen MR) is 44.2 cm³/mol. The summed E-state index contributed by atoms with van der Waals surface area (Å²) in [6, 6.07) is 0. The Labute approximate surface area is 74.1 Å². The van der Waals surface area contributed by atoms with Gasteiger partial charge in [0.05, 0.1) is 0 Å². The fourth-order valence-electron chi connectivity index (χ4n) is 0.650. The standard InChI is InChI=1S/C5H6Cl2N4/c1-11(2)3-4(6)8-10-9-5(3)7/h1-2H3. The van der Waals surface area contributed by atoms with E-state index >= 15 is 0 Å². The van der Waals surface area contributed by atoms with Crippen molar-refractivity contribution in [3.8, 4) is 0 Å². The number of anilines is 1. The van der Waals surface area contributed by atoms with E-state index in [1.807, 2.05) is 0 Å². The minimum atomic E-state index is 0.259. The van der Waals surface area contributed by atoms with E-state index in [-0.39, 0.29) is 10.3 Å².